The molecule has 0 radical (unpaired) electrons. The van der Waals surface area contributed by atoms with Crippen molar-refractivity contribution in [2.24, 2.45) is 7.05 Å². The normalized spacial score (nSPS) is 13.0. The lowest BCUT2D eigenvalue weighted by molar-refractivity contribution is 0.160. The van der Waals surface area contributed by atoms with Crippen LogP contribution in [0.25, 0.3) is 0 Å². The number of anilines is 2. The first kappa shape index (κ1) is 16.4. The summed E-state index contributed by atoms with van der Waals surface area (Å²) < 4.78 is 7.12. The van der Waals surface area contributed by atoms with Crippen molar-refractivity contribution < 1.29 is 9.53 Å². The van der Waals surface area contributed by atoms with E-state index >= 15 is 0 Å². The minimum Gasteiger partial charge on any atom is -0.449 e. The highest BCUT2D eigenvalue weighted by atomic mass is 16.6. The second-order valence-electron chi connectivity index (χ2n) is 5.96. The summed E-state index contributed by atoms with van der Waals surface area (Å²) in [6.45, 7) is 6.49. The predicted molar refractivity (Wildman–Crippen MR) is 94.4 cm³/mol. The maximum atomic E-state index is 12.1. The van der Waals surface area contributed by atoms with Crippen LogP contribution in [0.4, 0.5) is 16.2 Å². The summed E-state index contributed by atoms with van der Waals surface area (Å²) in [4.78, 5) is 20.5. The topological polar surface area (TPSA) is 50.6 Å². The molecule has 0 saturated carbocycles. The Morgan fingerprint density at radius 3 is 2.88 bits per heavy atom. The number of rotatable bonds is 5. The van der Waals surface area contributed by atoms with E-state index in [2.05, 4.69) is 22.0 Å². The Labute approximate surface area is 142 Å². The van der Waals surface area contributed by atoms with Crippen molar-refractivity contribution in [3.8, 4) is 0 Å². The lowest BCUT2D eigenvalue weighted by Crippen LogP contribution is -2.31. The summed E-state index contributed by atoms with van der Waals surface area (Å²) in [7, 11) is 1.98. The molecule has 0 atom stereocenters. The Morgan fingerprint density at radius 2 is 2.21 bits per heavy atom. The van der Waals surface area contributed by atoms with Gasteiger partial charge in [-0.3, -0.25) is 4.90 Å². The lowest BCUT2D eigenvalue weighted by atomic mass is 10.1. The van der Waals surface area contributed by atoms with Crippen molar-refractivity contribution in [1.82, 2.24) is 9.55 Å². The van der Waals surface area contributed by atoms with Crippen molar-refractivity contribution in [1.29, 1.82) is 0 Å². The Kier molecular flexibility index (Phi) is 4.74. The van der Waals surface area contributed by atoms with Crippen LogP contribution in [0.5, 0.6) is 0 Å². The molecule has 3 rings (SSSR count). The van der Waals surface area contributed by atoms with Crippen LogP contribution in [0.3, 0.4) is 0 Å². The average molecular weight is 328 g/mol. The Balaban J connectivity index is 1.83. The number of hydrogen-bond acceptors (Lipinski definition) is 4. The summed E-state index contributed by atoms with van der Waals surface area (Å²) in [5.41, 5.74) is 4.42. The Bertz CT molecular complexity index is 726. The van der Waals surface area contributed by atoms with E-state index in [9.17, 15) is 4.79 Å². The van der Waals surface area contributed by atoms with Gasteiger partial charge in [-0.2, -0.15) is 0 Å². The van der Waals surface area contributed by atoms with Crippen LogP contribution in [-0.4, -0.2) is 35.3 Å². The number of benzene rings is 1. The molecule has 0 saturated heterocycles. The molecule has 128 valence electrons. The SMILES string of the molecule is CCOC(=O)N(CC)c1ccc2c(c1)N(Cc1cn(C)cn1)CC2. The van der Waals surface area contributed by atoms with E-state index in [0.29, 0.717) is 13.2 Å². The van der Waals surface area contributed by atoms with Crippen molar-refractivity contribution in [2.75, 3.05) is 29.5 Å². The fourth-order valence-electron chi connectivity index (χ4n) is 3.13. The molecule has 1 aromatic heterocycles. The predicted octanol–water partition coefficient (Wildman–Crippen LogP) is 2.97. The van der Waals surface area contributed by atoms with Gasteiger partial charge in [-0.1, -0.05) is 6.07 Å². The van der Waals surface area contributed by atoms with Crippen LogP contribution in [0.1, 0.15) is 25.1 Å². The van der Waals surface area contributed by atoms with Crippen LogP contribution in [-0.2, 0) is 24.8 Å². The molecule has 6 nitrogen and oxygen atoms in total. The van der Waals surface area contributed by atoms with Gasteiger partial charge in [0.25, 0.3) is 0 Å². The minimum absolute atomic E-state index is 0.297. The first-order valence-corrected chi connectivity index (χ1v) is 8.41. The van der Waals surface area contributed by atoms with Crippen LogP contribution in [0.15, 0.2) is 30.7 Å². The molecule has 0 N–H and O–H groups in total. The number of carbonyl (C=O) groups is 1. The molecule has 2 aromatic rings. The van der Waals surface area contributed by atoms with Gasteiger partial charge < -0.3 is 14.2 Å². The van der Waals surface area contributed by atoms with Crippen molar-refractivity contribution >= 4 is 17.5 Å². The van der Waals surface area contributed by atoms with Gasteiger partial charge >= 0.3 is 6.09 Å². The molecule has 1 amide bonds. The number of amides is 1. The number of fused-ring (bicyclic) bond motifs is 1. The second kappa shape index (κ2) is 6.95. The third-order valence-electron chi connectivity index (χ3n) is 4.29. The van der Waals surface area contributed by atoms with Gasteiger partial charge in [-0.25, -0.2) is 9.78 Å². The molecular weight excluding hydrogens is 304 g/mol. The minimum atomic E-state index is -0.297. The van der Waals surface area contributed by atoms with Gasteiger partial charge in [-0.15, -0.1) is 0 Å². The zero-order valence-corrected chi connectivity index (χ0v) is 14.5. The molecule has 1 aliphatic heterocycles. The van der Waals surface area contributed by atoms with Crippen molar-refractivity contribution in [3.05, 3.63) is 42.0 Å². The van der Waals surface area contributed by atoms with E-state index in [-0.39, 0.29) is 6.09 Å². The highest BCUT2D eigenvalue weighted by Gasteiger charge is 2.23. The molecule has 1 aromatic carbocycles. The monoisotopic (exact) mass is 328 g/mol. The van der Waals surface area contributed by atoms with E-state index in [0.717, 1.165) is 30.9 Å². The molecule has 24 heavy (non-hydrogen) atoms. The lowest BCUT2D eigenvalue weighted by Gasteiger charge is -2.23. The van der Waals surface area contributed by atoms with Crippen molar-refractivity contribution in [2.45, 2.75) is 26.8 Å². The quantitative estimate of drug-likeness (QED) is 0.847. The first-order chi connectivity index (χ1) is 11.6. The summed E-state index contributed by atoms with van der Waals surface area (Å²) in [5, 5.41) is 0. The first-order valence-electron chi connectivity index (χ1n) is 8.41. The maximum Gasteiger partial charge on any atom is 0.414 e. The highest BCUT2D eigenvalue weighted by Crippen LogP contribution is 2.33. The molecule has 6 heteroatoms. The van der Waals surface area contributed by atoms with E-state index < -0.39 is 0 Å². The van der Waals surface area contributed by atoms with E-state index in [1.54, 1.807) is 4.90 Å². The molecule has 1 aliphatic rings. The Hall–Kier alpha value is -2.50. The highest BCUT2D eigenvalue weighted by molar-refractivity contribution is 5.88. The molecule has 2 heterocycles. The maximum absolute atomic E-state index is 12.1. The van der Waals surface area contributed by atoms with E-state index in [1.807, 2.05) is 44.1 Å². The summed E-state index contributed by atoms with van der Waals surface area (Å²) in [6.07, 6.45) is 4.59. The number of ether oxygens (including phenoxy) is 1. The second-order valence-corrected chi connectivity index (χ2v) is 5.96. The van der Waals surface area contributed by atoms with Crippen molar-refractivity contribution in [3.63, 3.8) is 0 Å². The van der Waals surface area contributed by atoms with Gasteiger partial charge in [0.05, 0.1) is 25.2 Å². The van der Waals surface area contributed by atoms with Crippen LogP contribution in [0, 0.1) is 0 Å². The molecule has 0 fully saturated rings. The van der Waals surface area contributed by atoms with Gasteiger partial charge in [0, 0.05) is 37.7 Å². The van der Waals surface area contributed by atoms with Crippen LogP contribution < -0.4 is 9.80 Å². The Morgan fingerprint density at radius 1 is 1.38 bits per heavy atom. The number of hydrogen-bond donors (Lipinski definition) is 0. The summed E-state index contributed by atoms with van der Waals surface area (Å²) in [5.74, 6) is 0. The van der Waals surface area contributed by atoms with Crippen LogP contribution >= 0.6 is 0 Å². The molecule has 0 spiro atoms. The van der Waals surface area contributed by atoms with E-state index in [1.165, 1.54) is 11.3 Å². The zero-order chi connectivity index (χ0) is 17.1. The molecule has 0 bridgehead atoms. The zero-order valence-electron chi connectivity index (χ0n) is 14.5. The molecule has 0 unspecified atom stereocenters. The van der Waals surface area contributed by atoms with E-state index in [4.69, 9.17) is 4.74 Å². The summed E-state index contributed by atoms with van der Waals surface area (Å²) >= 11 is 0. The smallest absolute Gasteiger partial charge is 0.414 e. The van der Waals surface area contributed by atoms with Gasteiger partial charge in [0.2, 0.25) is 0 Å². The van der Waals surface area contributed by atoms with Gasteiger partial charge in [0.15, 0.2) is 0 Å². The van der Waals surface area contributed by atoms with Gasteiger partial charge in [-0.05, 0) is 38.0 Å². The number of aromatic nitrogens is 2. The molecule has 0 aliphatic carbocycles. The fourth-order valence-corrected chi connectivity index (χ4v) is 3.13. The standard InChI is InChI=1S/C18H24N4O2/c1-4-22(18(23)24-5-2)16-7-6-14-8-9-21(17(14)10-16)12-15-11-20(3)13-19-15/h6-7,10-11,13H,4-5,8-9,12H2,1-3H3. The molecular formula is C18H24N4O2. The van der Waals surface area contributed by atoms with Crippen LogP contribution in [0.2, 0.25) is 0 Å². The largest absolute Gasteiger partial charge is 0.449 e. The third kappa shape index (κ3) is 3.22. The number of carbonyl (C=O) groups excluding carboxylic acids is 1. The number of aryl methyl sites for hydroxylation is 1. The average Bonchev–Trinajstić information content (AvgIpc) is 3.15. The third-order valence-corrected chi connectivity index (χ3v) is 4.29. The fraction of sp³-hybridized carbons (Fsp3) is 0.444. The van der Waals surface area contributed by atoms with Gasteiger partial charge in [0.1, 0.15) is 0 Å². The number of nitrogens with zero attached hydrogens (tertiary/aromatic N) is 4. The number of imidazole rings is 1. The summed E-state index contributed by atoms with van der Waals surface area (Å²) in [6, 6.07) is 6.21.